The van der Waals surface area contributed by atoms with E-state index in [1.807, 2.05) is 17.9 Å². The Labute approximate surface area is 167 Å². The molecule has 7 nitrogen and oxygen atoms in total. The van der Waals surface area contributed by atoms with Crippen molar-refractivity contribution in [2.24, 2.45) is 0 Å². The van der Waals surface area contributed by atoms with Crippen molar-refractivity contribution in [1.29, 1.82) is 0 Å². The molecule has 0 radical (unpaired) electrons. The van der Waals surface area contributed by atoms with E-state index in [2.05, 4.69) is 39.4 Å². The molecule has 2 saturated heterocycles. The molecule has 1 atom stereocenters. The van der Waals surface area contributed by atoms with E-state index in [1.54, 1.807) is 0 Å². The van der Waals surface area contributed by atoms with Gasteiger partial charge in [0.2, 0.25) is 11.8 Å². The summed E-state index contributed by atoms with van der Waals surface area (Å²) in [5, 5.41) is 2.82. The third-order valence-electron chi connectivity index (χ3n) is 5.34. The van der Waals surface area contributed by atoms with Crippen LogP contribution in [0.4, 0.5) is 0 Å². The number of morpholine rings is 1. The van der Waals surface area contributed by atoms with Crippen molar-refractivity contribution in [3.63, 3.8) is 0 Å². The lowest BCUT2D eigenvalue weighted by Crippen LogP contribution is -2.52. The molecule has 1 aromatic carbocycles. The second kappa shape index (κ2) is 10.5. The first-order valence-electron chi connectivity index (χ1n) is 10.3. The number of hydrogen-bond acceptors (Lipinski definition) is 5. The average molecular weight is 389 g/mol. The van der Waals surface area contributed by atoms with Gasteiger partial charge in [0.15, 0.2) is 0 Å². The highest BCUT2D eigenvalue weighted by Gasteiger charge is 2.27. The van der Waals surface area contributed by atoms with Crippen molar-refractivity contribution in [1.82, 2.24) is 20.0 Å². The fraction of sp³-hybridized carbons (Fsp3) is 0.619. The zero-order chi connectivity index (χ0) is 19.8. The number of nitrogens with one attached hydrogen (secondary N) is 1. The molecule has 154 valence electrons. The normalized spacial score (nSPS) is 21.5. The van der Waals surface area contributed by atoms with Gasteiger partial charge < -0.3 is 15.0 Å². The van der Waals surface area contributed by atoms with Gasteiger partial charge in [0.05, 0.1) is 25.7 Å². The van der Waals surface area contributed by atoms with Crippen LogP contribution in [0.5, 0.6) is 0 Å². The van der Waals surface area contributed by atoms with Gasteiger partial charge in [-0.15, -0.1) is 0 Å². The maximum absolute atomic E-state index is 12.7. The lowest BCUT2D eigenvalue weighted by molar-refractivity contribution is -0.138. The number of amides is 2. The quantitative estimate of drug-likeness (QED) is 0.739. The first-order valence-corrected chi connectivity index (χ1v) is 10.3. The van der Waals surface area contributed by atoms with Crippen LogP contribution in [0.1, 0.15) is 18.9 Å². The summed E-state index contributed by atoms with van der Waals surface area (Å²) in [4.78, 5) is 30.8. The van der Waals surface area contributed by atoms with Gasteiger partial charge in [0.1, 0.15) is 0 Å². The molecule has 0 unspecified atom stereocenters. The number of benzene rings is 1. The summed E-state index contributed by atoms with van der Waals surface area (Å²) in [5.74, 6) is 0.209. The first kappa shape index (κ1) is 20.8. The Morgan fingerprint density at radius 1 is 1.07 bits per heavy atom. The minimum Gasteiger partial charge on any atom is -0.375 e. The number of nitrogens with zero attached hydrogens (tertiary/aromatic N) is 3. The molecule has 1 aromatic rings. The number of likely N-dealkylation sites (N-methyl/N-ethyl adjacent to an activating group) is 1. The van der Waals surface area contributed by atoms with Gasteiger partial charge in [-0.1, -0.05) is 30.3 Å². The Bertz CT molecular complexity index is 632. The van der Waals surface area contributed by atoms with E-state index in [0.29, 0.717) is 39.2 Å². The van der Waals surface area contributed by atoms with Crippen molar-refractivity contribution < 1.29 is 14.3 Å². The van der Waals surface area contributed by atoms with Crippen LogP contribution in [0.3, 0.4) is 0 Å². The summed E-state index contributed by atoms with van der Waals surface area (Å²) in [5.41, 5.74) is 1.29. The third-order valence-corrected chi connectivity index (χ3v) is 5.34. The molecule has 2 fully saturated rings. The molecule has 0 saturated carbocycles. The summed E-state index contributed by atoms with van der Waals surface area (Å²) in [6, 6.07) is 10.4. The second-order valence-electron chi connectivity index (χ2n) is 7.53. The van der Waals surface area contributed by atoms with Crippen molar-refractivity contribution in [3.05, 3.63) is 35.9 Å². The van der Waals surface area contributed by atoms with E-state index in [9.17, 15) is 9.59 Å². The molecule has 2 heterocycles. The van der Waals surface area contributed by atoms with Gasteiger partial charge in [-0.05, 0) is 12.5 Å². The van der Waals surface area contributed by atoms with E-state index in [1.165, 1.54) is 5.56 Å². The van der Waals surface area contributed by atoms with E-state index < -0.39 is 0 Å². The lowest BCUT2D eigenvalue weighted by atomic mass is 10.1. The Morgan fingerprint density at radius 2 is 1.82 bits per heavy atom. The number of ether oxygens (including phenoxy) is 1. The fourth-order valence-electron chi connectivity index (χ4n) is 3.82. The number of piperazine rings is 1. The van der Waals surface area contributed by atoms with Gasteiger partial charge in [-0.3, -0.25) is 19.4 Å². The highest BCUT2D eigenvalue weighted by Crippen LogP contribution is 2.14. The van der Waals surface area contributed by atoms with Crippen LogP contribution in [0.2, 0.25) is 0 Å². The van der Waals surface area contributed by atoms with Crippen LogP contribution in [-0.4, -0.2) is 91.6 Å². The monoisotopic (exact) mass is 388 g/mol. The van der Waals surface area contributed by atoms with E-state index in [-0.39, 0.29) is 17.9 Å². The molecule has 0 aromatic heterocycles. The molecule has 2 amide bonds. The standard InChI is InChI=1S/C21H32N4O3/c1-2-22-20(26)17-23-8-10-25(11-9-23)21(27)14-19-16-24(12-13-28-19)15-18-6-4-3-5-7-18/h3-7,19H,2,8-17H2,1H3,(H,22,26)/t19-/m1/s1. The predicted octanol–water partition coefficient (Wildman–Crippen LogP) is 0.558. The van der Waals surface area contributed by atoms with Crippen LogP contribution in [0.25, 0.3) is 0 Å². The van der Waals surface area contributed by atoms with Crippen LogP contribution < -0.4 is 5.32 Å². The number of hydrogen-bond donors (Lipinski definition) is 1. The van der Waals surface area contributed by atoms with Crippen LogP contribution in [0, 0.1) is 0 Å². The predicted molar refractivity (Wildman–Crippen MR) is 108 cm³/mol. The topological polar surface area (TPSA) is 65.1 Å². The maximum atomic E-state index is 12.7. The Hall–Kier alpha value is -1.96. The summed E-state index contributed by atoms with van der Waals surface area (Å²) in [6.45, 7) is 9.09. The molecule has 1 N–H and O–H groups in total. The molecule has 0 aliphatic carbocycles. The first-order chi connectivity index (χ1) is 13.6. The lowest BCUT2D eigenvalue weighted by Gasteiger charge is -2.36. The van der Waals surface area contributed by atoms with Gasteiger partial charge in [0, 0.05) is 52.4 Å². The maximum Gasteiger partial charge on any atom is 0.234 e. The summed E-state index contributed by atoms with van der Waals surface area (Å²) in [6.07, 6.45) is 0.389. The van der Waals surface area contributed by atoms with E-state index in [4.69, 9.17) is 4.74 Å². The average Bonchev–Trinajstić information content (AvgIpc) is 2.70. The summed E-state index contributed by atoms with van der Waals surface area (Å²) < 4.78 is 5.86. The largest absolute Gasteiger partial charge is 0.375 e. The molecule has 0 spiro atoms. The summed E-state index contributed by atoms with van der Waals surface area (Å²) in [7, 11) is 0. The van der Waals surface area contributed by atoms with E-state index >= 15 is 0 Å². The second-order valence-corrected chi connectivity index (χ2v) is 7.53. The highest BCUT2D eigenvalue weighted by molar-refractivity contribution is 5.78. The van der Waals surface area contributed by atoms with Crippen LogP contribution >= 0.6 is 0 Å². The Balaban J connectivity index is 1.40. The fourth-order valence-corrected chi connectivity index (χ4v) is 3.82. The SMILES string of the molecule is CCNC(=O)CN1CCN(C(=O)C[C@@H]2CN(Cc3ccccc3)CCO2)CC1. The molecule has 3 rings (SSSR count). The zero-order valence-corrected chi connectivity index (χ0v) is 16.8. The Morgan fingerprint density at radius 3 is 2.54 bits per heavy atom. The van der Waals surface area contributed by atoms with Gasteiger partial charge >= 0.3 is 0 Å². The highest BCUT2D eigenvalue weighted by atomic mass is 16.5. The van der Waals surface area contributed by atoms with Crippen LogP contribution in [0.15, 0.2) is 30.3 Å². The molecule has 0 bridgehead atoms. The van der Waals surface area contributed by atoms with Gasteiger partial charge in [0.25, 0.3) is 0 Å². The molecular weight excluding hydrogens is 356 g/mol. The number of rotatable bonds is 7. The van der Waals surface area contributed by atoms with Crippen molar-refractivity contribution in [2.75, 3.05) is 59.0 Å². The molecule has 28 heavy (non-hydrogen) atoms. The smallest absolute Gasteiger partial charge is 0.234 e. The number of carbonyl (C=O) groups excluding carboxylic acids is 2. The molecule has 2 aliphatic heterocycles. The minimum absolute atomic E-state index is 0.0432. The minimum atomic E-state index is -0.0432. The van der Waals surface area contributed by atoms with Gasteiger partial charge in [-0.2, -0.15) is 0 Å². The van der Waals surface area contributed by atoms with Crippen molar-refractivity contribution in [2.45, 2.75) is 26.0 Å². The van der Waals surface area contributed by atoms with Gasteiger partial charge in [-0.25, -0.2) is 0 Å². The zero-order valence-electron chi connectivity index (χ0n) is 16.8. The van der Waals surface area contributed by atoms with E-state index in [0.717, 1.165) is 32.7 Å². The number of carbonyl (C=O) groups is 2. The van der Waals surface area contributed by atoms with Crippen molar-refractivity contribution >= 4 is 11.8 Å². The summed E-state index contributed by atoms with van der Waals surface area (Å²) >= 11 is 0. The third kappa shape index (κ3) is 6.29. The van der Waals surface area contributed by atoms with Crippen molar-refractivity contribution in [3.8, 4) is 0 Å². The molecule has 2 aliphatic rings. The molecular formula is C21H32N4O3. The van der Waals surface area contributed by atoms with Crippen LogP contribution in [-0.2, 0) is 20.9 Å². The molecule has 7 heteroatoms. The Kier molecular flexibility index (Phi) is 7.82.